The number of morpholine rings is 1. The third-order valence-corrected chi connectivity index (χ3v) is 4.89. The van der Waals surface area contributed by atoms with Crippen LogP contribution in [-0.4, -0.2) is 59.1 Å². The van der Waals surface area contributed by atoms with E-state index in [2.05, 4.69) is 17.2 Å². The number of amides is 2. The van der Waals surface area contributed by atoms with Crippen molar-refractivity contribution in [3.63, 3.8) is 0 Å². The molecule has 3 rings (SSSR count). The van der Waals surface area contributed by atoms with Gasteiger partial charge in [0.1, 0.15) is 5.69 Å². The second-order valence-corrected chi connectivity index (χ2v) is 6.71. The predicted octanol–water partition coefficient (Wildman–Crippen LogP) is 1.61. The molecule has 2 aliphatic heterocycles. The quantitative estimate of drug-likeness (QED) is 0.793. The van der Waals surface area contributed by atoms with Gasteiger partial charge in [0, 0.05) is 26.2 Å². The largest absolute Gasteiger partial charge is 0.378 e. The van der Waals surface area contributed by atoms with Crippen LogP contribution in [0.25, 0.3) is 0 Å². The van der Waals surface area contributed by atoms with Crippen LogP contribution in [0.5, 0.6) is 0 Å². The van der Waals surface area contributed by atoms with E-state index in [0.717, 1.165) is 50.8 Å². The van der Waals surface area contributed by atoms with E-state index in [1.165, 1.54) is 0 Å². The van der Waals surface area contributed by atoms with Crippen molar-refractivity contribution in [1.82, 2.24) is 19.8 Å². The van der Waals surface area contributed by atoms with Gasteiger partial charge in [-0.1, -0.05) is 19.8 Å². The van der Waals surface area contributed by atoms with Crippen LogP contribution >= 0.6 is 0 Å². The average molecular weight is 348 g/mol. The molecule has 7 heteroatoms. The van der Waals surface area contributed by atoms with Crippen molar-refractivity contribution in [3.05, 3.63) is 17.2 Å². The fourth-order valence-electron chi connectivity index (χ4n) is 3.46. The summed E-state index contributed by atoms with van der Waals surface area (Å²) in [6.45, 7) is 5.85. The Morgan fingerprint density at radius 3 is 2.72 bits per heavy atom. The smallest absolute Gasteiger partial charge is 0.287 e. The highest BCUT2D eigenvalue weighted by Crippen LogP contribution is 2.22. The van der Waals surface area contributed by atoms with Gasteiger partial charge in [0.05, 0.1) is 18.9 Å². The molecular weight excluding hydrogens is 320 g/mol. The summed E-state index contributed by atoms with van der Waals surface area (Å²) in [5.41, 5.74) is 1.38. The number of hydrogen-bond acceptors (Lipinski definition) is 4. The fourth-order valence-corrected chi connectivity index (χ4v) is 3.46. The highest BCUT2D eigenvalue weighted by atomic mass is 16.5. The summed E-state index contributed by atoms with van der Waals surface area (Å²) in [4.78, 5) is 31.7. The maximum atomic E-state index is 12.9. The second-order valence-electron chi connectivity index (χ2n) is 6.71. The van der Waals surface area contributed by atoms with E-state index in [9.17, 15) is 9.59 Å². The van der Waals surface area contributed by atoms with Crippen molar-refractivity contribution in [3.8, 4) is 0 Å². The number of carbonyl (C=O) groups excluding carboxylic acids is 2. The predicted molar refractivity (Wildman–Crippen MR) is 93.7 cm³/mol. The Bertz CT molecular complexity index is 620. The van der Waals surface area contributed by atoms with Crippen LogP contribution in [0.3, 0.4) is 0 Å². The number of nitrogens with one attached hydrogen (secondary N) is 1. The van der Waals surface area contributed by atoms with Crippen molar-refractivity contribution < 1.29 is 14.3 Å². The molecule has 0 saturated carbocycles. The zero-order valence-corrected chi connectivity index (χ0v) is 15.1. The van der Waals surface area contributed by atoms with E-state index in [4.69, 9.17) is 4.74 Å². The van der Waals surface area contributed by atoms with Crippen LogP contribution in [-0.2, 0) is 17.7 Å². The Balaban J connectivity index is 1.78. The molecule has 2 aliphatic rings. The van der Waals surface area contributed by atoms with Gasteiger partial charge in [0.25, 0.3) is 11.8 Å². The van der Waals surface area contributed by atoms with Gasteiger partial charge in [-0.05, 0) is 25.7 Å². The third-order valence-electron chi connectivity index (χ3n) is 4.89. The Morgan fingerprint density at radius 2 is 1.96 bits per heavy atom. The third kappa shape index (κ3) is 4.03. The molecule has 1 aromatic rings. The number of carbonyl (C=O) groups is 2. The van der Waals surface area contributed by atoms with Gasteiger partial charge in [0.2, 0.25) is 0 Å². The van der Waals surface area contributed by atoms with E-state index in [-0.39, 0.29) is 11.8 Å². The summed E-state index contributed by atoms with van der Waals surface area (Å²) < 4.78 is 7.27. The lowest BCUT2D eigenvalue weighted by atomic mass is 10.1. The van der Waals surface area contributed by atoms with Gasteiger partial charge >= 0.3 is 0 Å². The molecule has 0 aliphatic carbocycles. The monoisotopic (exact) mass is 348 g/mol. The molecule has 0 atom stereocenters. The van der Waals surface area contributed by atoms with Crippen LogP contribution in [0.4, 0.5) is 0 Å². The topological polar surface area (TPSA) is 76.5 Å². The molecule has 0 bridgehead atoms. The molecule has 0 radical (unpaired) electrons. The molecule has 2 amide bonds. The zero-order chi connectivity index (χ0) is 17.6. The molecule has 1 aromatic heterocycles. The molecule has 3 heterocycles. The van der Waals surface area contributed by atoms with Gasteiger partial charge in [0.15, 0.2) is 5.82 Å². The van der Waals surface area contributed by atoms with Crippen molar-refractivity contribution in [2.24, 2.45) is 0 Å². The molecule has 1 fully saturated rings. The molecule has 0 unspecified atom stereocenters. The Labute approximate surface area is 148 Å². The van der Waals surface area contributed by atoms with Crippen LogP contribution < -0.4 is 5.32 Å². The minimum absolute atomic E-state index is 0.0704. The first-order valence-corrected chi connectivity index (χ1v) is 9.47. The van der Waals surface area contributed by atoms with E-state index in [1.54, 1.807) is 4.90 Å². The zero-order valence-electron chi connectivity index (χ0n) is 15.1. The van der Waals surface area contributed by atoms with Crippen molar-refractivity contribution >= 4 is 11.8 Å². The fraction of sp³-hybridized carbons (Fsp3) is 0.722. The van der Waals surface area contributed by atoms with E-state index in [0.29, 0.717) is 44.4 Å². The normalized spacial score (nSPS) is 17.2. The number of fused-ring (bicyclic) bond motifs is 1. The summed E-state index contributed by atoms with van der Waals surface area (Å²) in [7, 11) is 0. The number of unbranched alkanes of at least 4 members (excludes halogenated alkanes) is 2. The molecule has 138 valence electrons. The lowest BCUT2D eigenvalue weighted by molar-refractivity contribution is 0.0298. The van der Waals surface area contributed by atoms with Crippen LogP contribution in [0.1, 0.15) is 65.8 Å². The summed E-state index contributed by atoms with van der Waals surface area (Å²) >= 11 is 0. The van der Waals surface area contributed by atoms with E-state index >= 15 is 0 Å². The first kappa shape index (κ1) is 17.9. The molecule has 0 aromatic carbocycles. The summed E-state index contributed by atoms with van der Waals surface area (Å²) in [6.07, 6.45) is 6.04. The van der Waals surface area contributed by atoms with Gasteiger partial charge in [-0.2, -0.15) is 0 Å². The van der Waals surface area contributed by atoms with E-state index in [1.807, 2.05) is 4.57 Å². The number of nitrogens with zero attached hydrogens (tertiary/aromatic N) is 3. The SMILES string of the molecule is CCCCCNC(=O)c1nc(C(=O)N2CCOCC2)c2n1CCCC2. The highest BCUT2D eigenvalue weighted by molar-refractivity contribution is 5.97. The average Bonchev–Trinajstić information content (AvgIpc) is 3.05. The van der Waals surface area contributed by atoms with Crippen LogP contribution in [0, 0.1) is 0 Å². The summed E-state index contributed by atoms with van der Waals surface area (Å²) in [6, 6.07) is 0. The maximum Gasteiger partial charge on any atom is 0.287 e. The van der Waals surface area contributed by atoms with Crippen molar-refractivity contribution in [1.29, 1.82) is 0 Å². The molecule has 7 nitrogen and oxygen atoms in total. The van der Waals surface area contributed by atoms with Crippen LogP contribution in [0.15, 0.2) is 0 Å². The number of aromatic nitrogens is 2. The van der Waals surface area contributed by atoms with Gasteiger partial charge in [-0.3, -0.25) is 9.59 Å². The van der Waals surface area contributed by atoms with Gasteiger partial charge in [-0.25, -0.2) is 4.98 Å². The van der Waals surface area contributed by atoms with Crippen molar-refractivity contribution in [2.75, 3.05) is 32.8 Å². The summed E-state index contributed by atoms with van der Waals surface area (Å²) in [5, 5.41) is 2.95. The maximum absolute atomic E-state index is 12.9. The number of rotatable bonds is 6. The minimum Gasteiger partial charge on any atom is -0.378 e. The van der Waals surface area contributed by atoms with Crippen molar-refractivity contribution in [2.45, 2.75) is 52.0 Å². The summed E-state index contributed by atoms with van der Waals surface area (Å²) in [5.74, 6) is 0.155. The first-order valence-electron chi connectivity index (χ1n) is 9.47. The van der Waals surface area contributed by atoms with Crippen LogP contribution in [0.2, 0.25) is 0 Å². The first-order chi connectivity index (χ1) is 12.2. The van der Waals surface area contributed by atoms with Gasteiger partial charge in [-0.15, -0.1) is 0 Å². The number of imidazole rings is 1. The second kappa shape index (κ2) is 8.47. The van der Waals surface area contributed by atoms with E-state index < -0.39 is 0 Å². The lowest BCUT2D eigenvalue weighted by Crippen LogP contribution is -2.41. The number of hydrogen-bond donors (Lipinski definition) is 1. The minimum atomic E-state index is -0.166. The Hall–Kier alpha value is -1.89. The molecule has 1 N–H and O–H groups in total. The Kier molecular flexibility index (Phi) is 6.07. The Morgan fingerprint density at radius 1 is 1.16 bits per heavy atom. The molecular formula is C18H28N4O3. The molecule has 25 heavy (non-hydrogen) atoms. The molecule has 0 spiro atoms. The molecule has 1 saturated heterocycles. The highest BCUT2D eigenvalue weighted by Gasteiger charge is 2.30. The standard InChI is InChI=1S/C18H28N4O3/c1-2-3-5-8-19-17(23)16-20-15(14-7-4-6-9-22(14)16)18(24)21-10-12-25-13-11-21/h2-13H2,1H3,(H,19,23). The van der Waals surface area contributed by atoms with Gasteiger partial charge < -0.3 is 19.5 Å². The number of ether oxygens (including phenoxy) is 1. The lowest BCUT2D eigenvalue weighted by Gasteiger charge is -2.26.